The summed E-state index contributed by atoms with van der Waals surface area (Å²) in [5.41, 5.74) is 2.15. The van der Waals surface area contributed by atoms with E-state index < -0.39 is 23.7 Å². The number of alkyl halides is 3. The fourth-order valence-electron chi connectivity index (χ4n) is 3.37. The Balaban J connectivity index is 1.86. The highest BCUT2D eigenvalue weighted by atomic mass is 19.4. The van der Waals surface area contributed by atoms with Crippen LogP contribution < -0.4 is 10.6 Å². The topological polar surface area (TPSA) is 41.1 Å². The molecule has 0 aromatic heterocycles. The fraction of sp³-hybridized carbons (Fsp3) is 0.208. The molecule has 3 aromatic carbocycles. The summed E-state index contributed by atoms with van der Waals surface area (Å²) in [6.07, 6.45) is -4.48. The molecule has 30 heavy (non-hydrogen) atoms. The van der Waals surface area contributed by atoms with Gasteiger partial charge < -0.3 is 5.32 Å². The molecule has 2 N–H and O–H groups in total. The van der Waals surface area contributed by atoms with Gasteiger partial charge in [-0.15, -0.1) is 0 Å². The number of rotatable bonds is 6. The Hall–Kier alpha value is -3.12. The van der Waals surface area contributed by atoms with E-state index in [0.717, 1.165) is 28.8 Å². The van der Waals surface area contributed by atoms with E-state index in [1.54, 1.807) is 0 Å². The van der Waals surface area contributed by atoms with Crippen LogP contribution in [-0.4, -0.2) is 5.91 Å². The van der Waals surface area contributed by atoms with Crippen LogP contribution in [0, 0.1) is 6.92 Å². The number of aryl methyl sites for hydroxylation is 1. The average Bonchev–Trinajstić information content (AvgIpc) is 2.72. The molecule has 0 radical (unpaired) electrons. The van der Waals surface area contributed by atoms with Crippen LogP contribution in [-0.2, 0) is 11.0 Å². The zero-order chi connectivity index (χ0) is 21.7. The molecule has 0 bridgehead atoms. The normalized spacial score (nSPS) is 13.5. The highest BCUT2D eigenvalue weighted by Crippen LogP contribution is 2.31. The minimum atomic E-state index is -4.48. The van der Waals surface area contributed by atoms with Crippen LogP contribution in [0.5, 0.6) is 0 Å². The van der Waals surface area contributed by atoms with Crippen molar-refractivity contribution in [3.8, 4) is 0 Å². The molecule has 0 heterocycles. The third-order valence-corrected chi connectivity index (χ3v) is 4.92. The fourth-order valence-corrected chi connectivity index (χ4v) is 3.37. The van der Waals surface area contributed by atoms with Gasteiger partial charge in [0.05, 0.1) is 5.56 Å². The summed E-state index contributed by atoms with van der Waals surface area (Å²) >= 11 is 0. The van der Waals surface area contributed by atoms with Gasteiger partial charge >= 0.3 is 6.18 Å². The highest BCUT2D eigenvalue weighted by Gasteiger charge is 2.31. The number of benzene rings is 3. The molecule has 0 saturated carbocycles. The van der Waals surface area contributed by atoms with E-state index in [-0.39, 0.29) is 11.7 Å². The van der Waals surface area contributed by atoms with Crippen molar-refractivity contribution in [3.63, 3.8) is 0 Å². The molecular weight excluding hydrogens is 389 g/mol. The van der Waals surface area contributed by atoms with Crippen LogP contribution in [0.2, 0.25) is 0 Å². The van der Waals surface area contributed by atoms with Crippen LogP contribution in [0.15, 0.2) is 78.9 Å². The summed E-state index contributed by atoms with van der Waals surface area (Å²) < 4.78 is 39.0. The molecule has 0 saturated heterocycles. The maximum Gasteiger partial charge on any atom is 0.416 e. The second-order valence-electron chi connectivity index (χ2n) is 7.16. The lowest BCUT2D eigenvalue weighted by molar-refractivity contribution is -0.137. The van der Waals surface area contributed by atoms with Crippen LogP contribution in [0.1, 0.15) is 41.3 Å². The van der Waals surface area contributed by atoms with Gasteiger partial charge in [0, 0.05) is 11.7 Å². The molecule has 0 spiro atoms. The SMILES string of the molecule is Cc1ccccc1C(C)NC(C(=O)Nc1cccc(C(F)(F)F)c1)c1ccccc1. The lowest BCUT2D eigenvalue weighted by Crippen LogP contribution is -2.35. The molecule has 0 aliphatic heterocycles. The van der Waals surface area contributed by atoms with E-state index in [4.69, 9.17) is 0 Å². The molecule has 156 valence electrons. The van der Waals surface area contributed by atoms with Gasteiger partial charge in [-0.2, -0.15) is 13.2 Å². The van der Waals surface area contributed by atoms with Crippen molar-refractivity contribution >= 4 is 11.6 Å². The number of hydrogen-bond donors (Lipinski definition) is 2. The number of amides is 1. The predicted octanol–water partition coefficient (Wildman–Crippen LogP) is 6.04. The smallest absolute Gasteiger partial charge is 0.324 e. The zero-order valence-electron chi connectivity index (χ0n) is 16.7. The second-order valence-corrected chi connectivity index (χ2v) is 7.16. The van der Waals surface area contributed by atoms with E-state index >= 15 is 0 Å². The average molecular weight is 412 g/mol. The number of nitrogens with one attached hydrogen (secondary N) is 2. The molecule has 0 fully saturated rings. The van der Waals surface area contributed by atoms with Gasteiger partial charge in [0.1, 0.15) is 6.04 Å². The number of hydrogen-bond acceptors (Lipinski definition) is 2. The van der Waals surface area contributed by atoms with Crippen LogP contribution in [0.4, 0.5) is 18.9 Å². The van der Waals surface area contributed by atoms with Crippen molar-refractivity contribution in [3.05, 3.63) is 101 Å². The first kappa shape index (κ1) is 21.6. The molecule has 2 atom stereocenters. The second kappa shape index (κ2) is 9.13. The lowest BCUT2D eigenvalue weighted by Gasteiger charge is -2.24. The van der Waals surface area contributed by atoms with E-state index in [0.29, 0.717) is 0 Å². The summed E-state index contributed by atoms with van der Waals surface area (Å²) in [7, 11) is 0. The maximum absolute atomic E-state index is 13.1. The number of carbonyl (C=O) groups excluding carboxylic acids is 1. The Morgan fingerprint density at radius 1 is 0.900 bits per heavy atom. The summed E-state index contributed by atoms with van der Waals surface area (Å²) in [6, 6.07) is 20.7. The Bertz CT molecular complexity index is 1000. The summed E-state index contributed by atoms with van der Waals surface area (Å²) in [5, 5.41) is 5.94. The van der Waals surface area contributed by atoms with Gasteiger partial charge in [-0.25, -0.2) is 0 Å². The van der Waals surface area contributed by atoms with Crippen LogP contribution >= 0.6 is 0 Å². The van der Waals surface area contributed by atoms with E-state index in [9.17, 15) is 18.0 Å². The first-order valence-electron chi connectivity index (χ1n) is 9.60. The van der Waals surface area contributed by atoms with Crippen molar-refractivity contribution in [1.29, 1.82) is 0 Å². The quantitative estimate of drug-likeness (QED) is 0.518. The Morgan fingerprint density at radius 3 is 2.23 bits per heavy atom. The van der Waals surface area contributed by atoms with Gasteiger partial charge in [-0.05, 0) is 48.7 Å². The van der Waals surface area contributed by atoms with Crippen molar-refractivity contribution in [2.24, 2.45) is 0 Å². The number of carbonyl (C=O) groups is 1. The molecule has 3 rings (SSSR count). The highest BCUT2D eigenvalue weighted by molar-refractivity contribution is 5.95. The van der Waals surface area contributed by atoms with Crippen molar-refractivity contribution in [1.82, 2.24) is 5.32 Å². The van der Waals surface area contributed by atoms with Crippen molar-refractivity contribution in [2.75, 3.05) is 5.32 Å². The third kappa shape index (κ3) is 5.27. The zero-order valence-corrected chi connectivity index (χ0v) is 16.7. The minimum Gasteiger partial charge on any atom is -0.324 e. The van der Waals surface area contributed by atoms with Crippen molar-refractivity contribution < 1.29 is 18.0 Å². The molecule has 3 aromatic rings. The molecule has 1 amide bonds. The molecule has 3 nitrogen and oxygen atoms in total. The molecule has 0 aliphatic rings. The number of anilines is 1. The van der Waals surface area contributed by atoms with Gasteiger partial charge in [-0.3, -0.25) is 10.1 Å². The van der Waals surface area contributed by atoms with Gasteiger partial charge in [0.25, 0.3) is 0 Å². The summed E-state index contributed by atoms with van der Waals surface area (Å²) in [6.45, 7) is 3.95. The molecule has 6 heteroatoms. The monoisotopic (exact) mass is 412 g/mol. The van der Waals surface area contributed by atoms with Gasteiger partial charge in [-0.1, -0.05) is 60.7 Å². The first-order valence-corrected chi connectivity index (χ1v) is 9.60. The largest absolute Gasteiger partial charge is 0.416 e. The molecule has 0 aliphatic carbocycles. The predicted molar refractivity (Wildman–Crippen MR) is 112 cm³/mol. The lowest BCUT2D eigenvalue weighted by atomic mass is 9.99. The minimum absolute atomic E-state index is 0.0982. The van der Waals surface area contributed by atoms with E-state index in [2.05, 4.69) is 10.6 Å². The molecular formula is C24H23F3N2O. The Kier molecular flexibility index (Phi) is 6.57. The Labute approximate surface area is 173 Å². The summed E-state index contributed by atoms with van der Waals surface area (Å²) in [4.78, 5) is 13.1. The summed E-state index contributed by atoms with van der Waals surface area (Å²) in [5.74, 6) is -0.430. The van der Waals surface area contributed by atoms with E-state index in [1.807, 2.05) is 68.4 Å². The van der Waals surface area contributed by atoms with Crippen LogP contribution in [0.25, 0.3) is 0 Å². The van der Waals surface area contributed by atoms with E-state index in [1.165, 1.54) is 12.1 Å². The number of halogens is 3. The maximum atomic E-state index is 13.1. The van der Waals surface area contributed by atoms with Gasteiger partial charge in [0.2, 0.25) is 5.91 Å². The van der Waals surface area contributed by atoms with Crippen LogP contribution in [0.3, 0.4) is 0 Å². The Morgan fingerprint density at radius 2 is 1.57 bits per heavy atom. The standard InChI is InChI=1S/C24H23F3N2O/c1-16-9-6-7-14-21(16)17(2)28-22(18-10-4-3-5-11-18)23(30)29-20-13-8-12-19(15-20)24(25,26)27/h3-15,17,22,28H,1-2H3,(H,29,30). The first-order chi connectivity index (χ1) is 14.3. The van der Waals surface area contributed by atoms with Crippen molar-refractivity contribution in [2.45, 2.75) is 32.1 Å². The molecule has 2 unspecified atom stereocenters. The van der Waals surface area contributed by atoms with Gasteiger partial charge in [0.15, 0.2) is 0 Å². The third-order valence-electron chi connectivity index (χ3n) is 4.92.